The van der Waals surface area contributed by atoms with Crippen molar-refractivity contribution >= 4 is 38.6 Å². The van der Waals surface area contributed by atoms with E-state index in [1.165, 1.54) is 19.2 Å². The van der Waals surface area contributed by atoms with Gasteiger partial charge in [0.15, 0.2) is 15.6 Å². The van der Waals surface area contributed by atoms with E-state index in [0.717, 1.165) is 18.8 Å². The molecule has 3 rings (SSSR count). The number of piperazine rings is 1. The Balaban J connectivity index is 1.88. The summed E-state index contributed by atoms with van der Waals surface area (Å²) in [7, 11) is -3.39. The Hall–Kier alpha value is -2.05. The largest absolute Gasteiger partial charge is 0.367 e. The van der Waals surface area contributed by atoms with Gasteiger partial charge in [-0.15, -0.1) is 0 Å². The second-order valence-electron chi connectivity index (χ2n) is 6.44. The predicted octanol–water partition coefficient (Wildman–Crippen LogP) is 3.27. The third-order valence-electron chi connectivity index (χ3n) is 4.58. The van der Waals surface area contributed by atoms with Crippen LogP contribution in [0.3, 0.4) is 0 Å². The van der Waals surface area contributed by atoms with Crippen molar-refractivity contribution in [3.8, 4) is 0 Å². The highest BCUT2D eigenvalue weighted by molar-refractivity contribution is 7.90. The minimum atomic E-state index is -3.39. The van der Waals surface area contributed by atoms with Crippen molar-refractivity contribution in [2.24, 2.45) is 0 Å². The summed E-state index contributed by atoms with van der Waals surface area (Å²) in [5, 5.41) is 0.705. The van der Waals surface area contributed by atoms with Gasteiger partial charge >= 0.3 is 0 Å². The Kier molecular flexibility index (Phi) is 5.25. The lowest BCUT2D eigenvalue weighted by atomic mass is 10.1. The molecule has 0 atom stereocenters. The number of carbonyl (C=O) groups excluding carboxylic acids is 1. The summed E-state index contributed by atoms with van der Waals surface area (Å²) in [5.74, 6) is -0.0824. The highest BCUT2D eigenvalue weighted by Gasteiger charge is 2.24. The SMILES string of the molecule is CC(=O)c1ccc(S(C)(=O)=O)c(N2CCN(c3ccccc3Cl)CC2)c1. The monoisotopic (exact) mass is 392 g/mol. The second-order valence-corrected chi connectivity index (χ2v) is 8.83. The van der Waals surface area contributed by atoms with Crippen LogP contribution in [0.2, 0.25) is 5.02 Å². The average molecular weight is 393 g/mol. The molecule has 0 aliphatic carbocycles. The molecule has 1 fully saturated rings. The number of sulfone groups is 1. The van der Waals surface area contributed by atoms with E-state index in [2.05, 4.69) is 4.90 Å². The summed E-state index contributed by atoms with van der Waals surface area (Å²) < 4.78 is 24.3. The number of anilines is 2. The van der Waals surface area contributed by atoms with Crippen molar-refractivity contribution in [2.75, 3.05) is 42.2 Å². The Bertz CT molecular complexity index is 936. The Morgan fingerprint density at radius 1 is 0.962 bits per heavy atom. The van der Waals surface area contributed by atoms with Crippen molar-refractivity contribution in [3.63, 3.8) is 0 Å². The normalized spacial score (nSPS) is 15.2. The number of halogens is 1. The van der Waals surface area contributed by atoms with Crippen LogP contribution in [-0.2, 0) is 9.84 Å². The molecule has 2 aromatic rings. The van der Waals surface area contributed by atoms with Crippen LogP contribution in [-0.4, -0.2) is 46.6 Å². The zero-order valence-electron chi connectivity index (χ0n) is 14.8. The van der Waals surface area contributed by atoms with Crippen LogP contribution < -0.4 is 9.80 Å². The number of nitrogens with zero attached hydrogens (tertiary/aromatic N) is 2. The Morgan fingerprint density at radius 3 is 2.08 bits per heavy atom. The van der Waals surface area contributed by atoms with E-state index in [0.29, 0.717) is 29.4 Å². The van der Waals surface area contributed by atoms with Gasteiger partial charge in [-0.25, -0.2) is 8.42 Å². The molecule has 0 amide bonds. The van der Waals surface area contributed by atoms with Gasteiger partial charge in [0.1, 0.15) is 0 Å². The molecular weight excluding hydrogens is 372 g/mol. The first kappa shape index (κ1) is 18.7. The fraction of sp³-hybridized carbons (Fsp3) is 0.316. The van der Waals surface area contributed by atoms with E-state index in [4.69, 9.17) is 11.6 Å². The molecule has 0 bridgehead atoms. The van der Waals surface area contributed by atoms with E-state index < -0.39 is 9.84 Å². The lowest BCUT2D eigenvalue weighted by Gasteiger charge is -2.38. The average Bonchev–Trinajstić information content (AvgIpc) is 2.61. The van der Waals surface area contributed by atoms with Gasteiger partial charge in [0.05, 0.1) is 21.3 Å². The number of ketones is 1. The van der Waals surface area contributed by atoms with Gasteiger partial charge in [-0.05, 0) is 37.3 Å². The fourth-order valence-electron chi connectivity index (χ4n) is 3.19. The van der Waals surface area contributed by atoms with Crippen molar-refractivity contribution in [3.05, 3.63) is 53.1 Å². The molecular formula is C19H21ClN2O3S. The van der Waals surface area contributed by atoms with E-state index in [1.807, 2.05) is 29.2 Å². The zero-order valence-corrected chi connectivity index (χ0v) is 16.3. The number of hydrogen-bond acceptors (Lipinski definition) is 5. The van der Waals surface area contributed by atoms with Gasteiger partial charge < -0.3 is 9.80 Å². The maximum absolute atomic E-state index is 12.2. The molecule has 0 N–H and O–H groups in total. The maximum atomic E-state index is 12.2. The first-order valence-electron chi connectivity index (χ1n) is 8.37. The van der Waals surface area contributed by atoms with Crippen molar-refractivity contribution in [1.29, 1.82) is 0 Å². The van der Waals surface area contributed by atoms with Crippen LogP contribution in [0.5, 0.6) is 0 Å². The summed E-state index contributed by atoms with van der Waals surface area (Å²) in [6.07, 6.45) is 1.19. The molecule has 0 saturated carbocycles. The molecule has 1 saturated heterocycles. The summed E-state index contributed by atoms with van der Waals surface area (Å²) >= 11 is 6.28. The first-order chi connectivity index (χ1) is 12.3. The van der Waals surface area contributed by atoms with E-state index >= 15 is 0 Å². The smallest absolute Gasteiger partial charge is 0.177 e. The van der Waals surface area contributed by atoms with Crippen LogP contribution in [0, 0.1) is 0 Å². The van der Waals surface area contributed by atoms with Gasteiger partial charge in [-0.2, -0.15) is 0 Å². The zero-order chi connectivity index (χ0) is 18.9. The molecule has 0 unspecified atom stereocenters. The van der Waals surface area contributed by atoms with Gasteiger partial charge in [0.2, 0.25) is 0 Å². The van der Waals surface area contributed by atoms with Gasteiger partial charge in [0, 0.05) is 38.0 Å². The molecule has 7 heteroatoms. The van der Waals surface area contributed by atoms with Crippen LogP contribution >= 0.6 is 11.6 Å². The lowest BCUT2D eigenvalue weighted by Crippen LogP contribution is -2.47. The summed E-state index contributed by atoms with van der Waals surface area (Å²) in [5.41, 5.74) is 2.09. The fourth-order valence-corrected chi connectivity index (χ4v) is 4.33. The third-order valence-corrected chi connectivity index (χ3v) is 6.04. The Morgan fingerprint density at radius 2 is 1.54 bits per heavy atom. The van der Waals surface area contributed by atoms with Crippen LogP contribution in [0.25, 0.3) is 0 Å². The standard InChI is InChI=1S/C19H21ClN2O3S/c1-14(23)15-7-8-19(26(2,24)25)18(13-15)22-11-9-21(10-12-22)17-6-4-3-5-16(17)20/h3-8,13H,9-12H2,1-2H3. The minimum Gasteiger partial charge on any atom is -0.367 e. The molecule has 1 heterocycles. The van der Waals surface area contributed by atoms with E-state index in [1.54, 1.807) is 12.1 Å². The number of carbonyl (C=O) groups is 1. The highest BCUT2D eigenvalue weighted by atomic mass is 35.5. The quantitative estimate of drug-likeness (QED) is 0.747. The topological polar surface area (TPSA) is 57.7 Å². The molecule has 5 nitrogen and oxygen atoms in total. The van der Waals surface area contributed by atoms with Crippen LogP contribution in [0.1, 0.15) is 17.3 Å². The number of hydrogen-bond donors (Lipinski definition) is 0. The summed E-state index contributed by atoms with van der Waals surface area (Å²) in [6, 6.07) is 12.5. The summed E-state index contributed by atoms with van der Waals surface area (Å²) in [4.78, 5) is 16.2. The van der Waals surface area contributed by atoms with Gasteiger partial charge in [-0.3, -0.25) is 4.79 Å². The first-order valence-corrected chi connectivity index (χ1v) is 10.6. The van der Waals surface area contributed by atoms with Crippen molar-refractivity contribution < 1.29 is 13.2 Å². The number of rotatable bonds is 4. The van der Waals surface area contributed by atoms with E-state index in [9.17, 15) is 13.2 Å². The number of para-hydroxylation sites is 1. The summed E-state index contributed by atoms with van der Waals surface area (Å²) in [6.45, 7) is 4.22. The minimum absolute atomic E-state index is 0.0824. The number of Topliss-reactive ketones (excluding diaryl/α,β-unsaturated/α-hetero) is 1. The molecule has 26 heavy (non-hydrogen) atoms. The maximum Gasteiger partial charge on any atom is 0.177 e. The molecule has 138 valence electrons. The second kappa shape index (κ2) is 7.29. The molecule has 0 aromatic heterocycles. The van der Waals surface area contributed by atoms with Crippen molar-refractivity contribution in [1.82, 2.24) is 0 Å². The Labute approximate surface area is 159 Å². The highest BCUT2D eigenvalue weighted by Crippen LogP contribution is 2.30. The lowest BCUT2D eigenvalue weighted by molar-refractivity contribution is 0.101. The molecule has 1 aliphatic heterocycles. The van der Waals surface area contributed by atoms with Crippen molar-refractivity contribution in [2.45, 2.75) is 11.8 Å². The van der Waals surface area contributed by atoms with Crippen LogP contribution in [0.15, 0.2) is 47.4 Å². The van der Waals surface area contributed by atoms with Gasteiger partial charge in [-0.1, -0.05) is 23.7 Å². The third kappa shape index (κ3) is 3.86. The molecule has 1 aliphatic rings. The van der Waals surface area contributed by atoms with E-state index in [-0.39, 0.29) is 10.7 Å². The van der Waals surface area contributed by atoms with Crippen LogP contribution in [0.4, 0.5) is 11.4 Å². The molecule has 2 aromatic carbocycles. The predicted molar refractivity (Wildman–Crippen MR) is 105 cm³/mol. The van der Waals surface area contributed by atoms with Gasteiger partial charge in [0.25, 0.3) is 0 Å². The molecule has 0 spiro atoms. The number of benzene rings is 2. The molecule has 0 radical (unpaired) electrons.